The Morgan fingerprint density at radius 1 is 0.353 bits per heavy atom. The highest BCUT2D eigenvalue weighted by Crippen LogP contribution is 2.50. The number of rotatable bonds is 3. The van der Waals surface area contributed by atoms with Gasteiger partial charge in [0, 0.05) is 45.4 Å². The largest absolute Gasteiger partial charge is 0.310 e. The van der Waals surface area contributed by atoms with Gasteiger partial charge in [0.15, 0.2) is 0 Å². The molecule has 11 rings (SSSR count). The summed E-state index contributed by atoms with van der Waals surface area (Å²) < 4.78 is 2.51. The molecule has 2 aliphatic heterocycles. The molecule has 0 unspecified atom stereocenters. The van der Waals surface area contributed by atoms with Gasteiger partial charge in [0.25, 0.3) is 0 Å². The number of fused-ring (bicyclic) bond motifs is 10. The molecule has 238 valence electrons. The highest BCUT2D eigenvalue weighted by molar-refractivity contribution is 6.18. The van der Waals surface area contributed by atoms with Gasteiger partial charge in [-0.2, -0.15) is 0 Å². The summed E-state index contributed by atoms with van der Waals surface area (Å²) in [4.78, 5) is 2.42. The van der Waals surface area contributed by atoms with Gasteiger partial charge in [0.2, 0.25) is 0 Å². The van der Waals surface area contributed by atoms with Gasteiger partial charge in [-0.3, -0.25) is 0 Å². The molecule has 0 bridgehead atoms. The Hall–Kier alpha value is -6.64. The lowest BCUT2D eigenvalue weighted by Crippen LogP contribution is -2.18. The molecule has 2 heteroatoms. The van der Waals surface area contributed by atoms with Crippen LogP contribution in [0.2, 0.25) is 0 Å². The first-order valence-electron chi connectivity index (χ1n) is 17.7. The van der Waals surface area contributed by atoms with E-state index in [0.29, 0.717) is 0 Å². The van der Waals surface area contributed by atoms with Crippen LogP contribution in [0.1, 0.15) is 11.1 Å². The van der Waals surface area contributed by atoms with Crippen LogP contribution in [0, 0.1) is 0 Å². The van der Waals surface area contributed by atoms with Gasteiger partial charge in [-0.05, 0) is 105 Å². The molecule has 0 spiro atoms. The summed E-state index contributed by atoms with van der Waals surface area (Å²) in [5, 5.41) is 2.55. The summed E-state index contributed by atoms with van der Waals surface area (Å²) in [7, 11) is 0. The third-order valence-electron chi connectivity index (χ3n) is 10.9. The van der Waals surface area contributed by atoms with E-state index in [0.717, 1.165) is 6.42 Å². The summed E-state index contributed by atoms with van der Waals surface area (Å²) in [6.07, 6.45) is 0.902. The fraction of sp³-hybridized carbons (Fsp3) is 0.0204. The number of para-hydroxylation sites is 3. The fourth-order valence-corrected chi connectivity index (χ4v) is 8.62. The predicted octanol–water partition coefficient (Wildman–Crippen LogP) is 13.1. The van der Waals surface area contributed by atoms with E-state index >= 15 is 0 Å². The molecule has 1 aromatic heterocycles. The van der Waals surface area contributed by atoms with Crippen LogP contribution in [0.5, 0.6) is 0 Å². The zero-order valence-electron chi connectivity index (χ0n) is 27.9. The summed E-state index contributed by atoms with van der Waals surface area (Å²) in [6, 6.07) is 67.1. The number of benzene rings is 8. The van der Waals surface area contributed by atoms with Crippen molar-refractivity contribution in [1.29, 1.82) is 0 Å². The maximum atomic E-state index is 2.51. The van der Waals surface area contributed by atoms with Crippen molar-refractivity contribution in [3.8, 4) is 50.2 Å². The fourth-order valence-electron chi connectivity index (χ4n) is 8.62. The molecule has 0 atom stereocenters. The second-order valence-electron chi connectivity index (χ2n) is 13.7. The number of aromatic nitrogens is 1. The number of hydrogen-bond donors (Lipinski definition) is 0. The number of nitrogens with zero attached hydrogens (tertiary/aromatic N) is 2. The Labute approximate surface area is 297 Å². The third-order valence-corrected chi connectivity index (χ3v) is 10.9. The predicted molar refractivity (Wildman–Crippen MR) is 214 cm³/mol. The molecule has 0 fully saturated rings. The van der Waals surface area contributed by atoms with Crippen LogP contribution in [0.3, 0.4) is 0 Å². The van der Waals surface area contributed by atoms with Crippen LogP contribution >= 0.6 is 0 Å². The Morgan fingerprint density at radius 3 is 1.82 bits per heavy atom. The van der Waals surface area contributed by atoms with Gasteiger partial charge in [-0.1, -0.05) is 121 Å². The van der Waals surface area contributed by atoms with Crippen LogP contribution in [0.4, 0.5) is 17.1 Å². The van der Waals surface area contributed by atoms with E-state index in [1.807, 2.05) is 0 Å². The van der Waals surface area contributed by atoms with Crippen LogP contribution in [-0.2, 0) is 6.42 Å². The second-order valence-corrected chi connectivity index (χ2v) is 13.7. The quantitative estimate of drug-likeness (QED) is 0.185. The topological polar surface area (TPSA) is 8.17 Å². The van der Waals surface area contributed by atoms with Gasteiger partial charge >= 0.3 is 0 Å². The van der Waals surface area contributed by atoms with E-state index in [1.165, 1.54) is 100 Å². The average Bonchev–Trinajstić information content (AvgIpc) is 3.47. The first-order valence-corrected chi connectivity index (χ1v) is 17.7. The van der Waals surface area contributed by atoms with Gasteiger partial charge in [-0.25, -0.2) is 0 Å². The van der Waals surface area contributed by atoms with Gasteiger partial charge in [0.1, 0.15) is 0 Å². The van der Waals surface area contributed by atoms with E-state index in [9.17, 15) is 0 Å². The summed E-state index contributed by atoms with van der Waals surface area (Å²) in [5.41, 5.74) is 20.0. The molecular weight excluding hydrogens is 617 g/mol. The van der Waals surface area contributed by atoms with Gasteiger partial charge in [0.05, 0.1) is 16.7 Å². The molecular formula is C49H32N2. The SMILES string of the molecule is c1ccc(-c2ccc3c(c2)-c2ccccc2-c2cc(-c4ccc5c(c4)Cc4ccccc4N5c4ccccc4)cc4c5ccccc5n-3c24)cc1. The average molecular weight is 649 g/mol. The van der Waals surface area contributed by atoms with Gasteiger partial charge in [-0.15, -0.1) is 0 Å². The first-order chi connectivity index (χ1) is 25.3. The second kappa shape index (κ2) is 10.9. The van der Waals surface area contributed by atoms with Crippen LogP contribution in [-0.4, -0.2) is 4.57 Å². The van der Waals surface area contributed by atoms with Crippen LogP contribution in [0.25, 0.3) is 72.0 Å². The monoisotopic (exact) mass is 648 g/mol. The molecule has 51 heavy (non-hydrogen) atoms. The van der Waals surface area contributed by atoms with Crippen molar-refractivity contribution < 1.29 is 0 Å². The van der Waals surface area contributed by atoms with E-state index in [1.54, 1.807) is 0 Å². The molecule has 0 N–H and O–H groups in total. The number of anilines is 3. The lowest BCUT2D eigenvalue weighted by molar-refractivity contribution is 1.09. The minimum absolute atomic E-state index is 0.902. The third kappa shape index (κ3) is 4.23. The molecule has 0 saturated carbocycles. The van der Waals surface area contributed by atoms with E-state index in [2.05, 4.69) is 191 Å². The zero-order valence-corrected chi connectivity index (χ0v) is 27.9. The van der Waals surface area contributed by atoms with E-state index < -0.39 is 0 Å². The van der Waals surface area contributed by atoms with Gasteiger partial charge < -0.3 is 9.47 Å². The van der Waals surface area contributed by atoms with Crippen LogP contribution in [0.15, 0.2) is 182 Å². The maximum absolute atomic E-state index is 2.51. The lowest BCUT2D eigenvalue weighted by atomic mass is 9.89. The molecule has 2 nitrogen and oxygen atoms in total. The molecule has 0 radical (unpaired) electrons. The molecule has 0 saturated heterocycles. The Bertz CT molecular complexity index is 2830. The number of hydrogen-bond acceptors (Lipinski definition) is 1. The first kappa shape index (κ1) is 28.2. The Balaban J connectivity index is 1.15. The molecule has 0 amide bonds. The summed E-state index contributed by atoms with van der Waals surface area (Å²) >= 11 is 0. The van der Waals surface area contributed by atoms with Crippen molar-refractivity contribution in [3.63, 3.8) is 0 Å². The minimum Gasteiger partial charge on any atom is -0.310 e. The Kier molecular flexibility index (Phi) is 6.05. The normalized spacial score (nSPS) is 12.6. The Morgan fingerprint density at radius 2 is 0.980 bits per heavy atom. The van der Waals surface area contributed by atoms with Crippen LogP contribution < -0.4 is 4.90 Å². The smallest absolute Gasteiger partial charge is 0.0620 e. The summed E-state index contributed by atoms with van der Waals surface area (Å²) in [5.74, 6) is 0. The van der Waals surface area contributed by atoms with Crippen molar-refractivity contribution in [2.75, 3.05) is 4.90 Å². The summed E-state index contributed by atoms with van der Waals surface area (Å²) in [6.45, 7) is 0. The lowest BCUT2D eigenvalue weighted by Gasteiger charge is -2.33. The molecule has 3 heterocycles. The molecule has 2 aliphatic rings. The standard InChI is InChI=1S/C49H32N2/c1-3-13-32(14-4-1)34-24-26-48-42(29-34)39-18-8-9-19-40(39)43-30-36(31-44-41-20-10-12-22-47(41)51(48)49(43)44)33-23-25-46-37(27-33)28-35-15-7-11-21-45(35)50(46)38-16-5-2-6-17-38/h1-27,29-31H,28H2. The molecule has 0 aliphatic carbocycles. The molecule has 8 aromatic carbocycles. The minimum atomic E-state index is 0.902. The van der Waals surface area contributed by atoms with Crippen molar-refractivity contribution in [2.45, 2.75) is 6.42 Å². The maximum Gasteiger partial charge on any atom is 0.0620 e. The van der Waals surface area contributed by atoms with E-state index in [4.69, 9.17) is 0 Å². The highest BCUT2D eigenvalue weighted by Gasteiger charge is 2.27. The van der Waals surface area contributed by atoms with Crippen molar-refractivity contribution in [2.24, 2.45) is 0 Å². The molecule has 9 aromatic rings. The van der Waals surface area contributed by atoms with Crippen molar-refractivity contribution in [3.05, 3.63) is 193 Å². The highest BCUT2D eigenvalue weighted by atomic mass is 15.2. The van der Waals surface area contributed by atoms with Crippen molar-refractivity contribution in [1.82, 2.24) is 4.57 Å². The zero-order chi connectivity index (χ0) is 33.5. The van der Waals surface area contributed by atoms with Crippen molar-refractivity contribution >= 4 is 38.9 Å². The van der Waals surface area contributed by atoms with E-state index in [-0.39, 0.29) is 0 Å².